The number of halogens is 2. The Bertz CT molecular complexity index is 1260. The van der Waals surface area contributed by atoms with Gasteiger partial charge in [-0.15, -0.1) is 0 Å². The number of nitriles is 1. The molecule has 2 aromatic carbocycles. The van der Waals surface area contributed by atoms with Crippen molar-refractivity contribution in [1.29, 1.82) is 5.26 Å². The fraction of sp³-hybridized carbons (Fsp3) is 0.357. The van der Waals surface area contributed by atoms with Gasteiger partial charge in [0.25, 0.3) is 0 Å². The summed E-state index contributed by atoms with van der Waals surface area (Å²) in [6.45, 7) is 3.98. The number of allylic oxidation sites excluding steroid dienone is 1. The SMILES string of the molecule is N#Cc1ccc(C2=N/C(=C(/C=C\N)N3CCCCC3)CN2c2ccc(N3CCCC3)cc2F)cc1F. The number of hydrogen-bond acceptors (Lipinski definition) is 6. The summed E-state index contributed by atoms with van der Waals surface area (Å²) in [6.07, 6.45) is 8.92. The quantitative estimate of drug-likeness (QED) is 0.650. The highest BCUT2D eigenvalue weighted by Crippen LogP contribution is 2.33. The lowest BCUT2D eigenvalue weighted by molar-refractivity contribution is 0.290. The molecule has 0 amide bonds. The van der Waals surface area contributed by atoms with Gasteiger partial charge in [0.1, 0.15) is 23.5 Å². The first-order chi connectivity index (χ1) is 17.6. The summed E-state index contributed by atoms with van der Waals surface area (Å²) in [4.78, 5) is 11.1. The maximum absolute atomic E-state index is 15.6. The summed E-state index contributed by atoms with van der Waals surface area (Å²) >= 11 is 0. The average molecular weight is 489 g/mol. The Morgan fingerprint density at radius 2 is 1.69 bits per heavy atom. The van der Waals surface area contributed by atoms with E-state index in [1.54, 1.807) is 23.1 Å². The monoisotopic (exact) mass is 488 g/mol. The first-order valence-corrected chi connectivity index (χ1v) is 12.6. The summed E-state index contributed by atoms with van der Waals surface area (Å²) in [5, 5.41) is 9.16. The fourth-order valence-corrected chi connectivity index (χ4v) is 5.25. The largest absolute Gasteiger partial charge is 0.405 e. The van der Waals surface area contributed by atoms with Crippen molar-refractivity contribution in [3.8, 4) is 6.07 Å². The molecule has 0 bridgehead atoms. The van der Waals surface area contributed by atoms with Crippen LogP contribution in [0.1, 0.15) is 43.2 Å². The maximum atomic E-state index is 15.6. The van der Waals surface area contributed by atoms with Crippen molar-refractivity contribution in [3.63, 3.8) is 0 Å². The Labute approximate surface area is 210 Å². The number of nitrogens with two attached hydrogens (primary N) is 1. The molecule has 0 saturated carbocycles. The van der Waals surface area contributed by atoms with E-state index in [9.17, 15) is 4.39 Å². The standard InChI is InChI=1S/C28H30F2N6/c29-23-16-20(6-7-21(23)18-32)28-33-25(27(10-11-31)35-14-2-1-3-15-35)19-36(28)26-9-8-22(17-24(26)30)34-12-4-5-13-34/h6-11,16-17H,1-5,12-15,19,31H2/b11-10-,27-25-. The van der Waals surface area contributed by atoms with Gasteiger partial charge < -0.3 is 20.4 Å². The lowest BCUT2D eigenvalue weighted by Gasteiger charge is -2.30. The van der Waals surface area contributed by atoms with Gasteiger partial charge in [-0.1, -0.05) is 0 Å². The average Bonchev–Trinajstić information content (AvgIpc) is 3.59. The molecular weight excluding hydrogens is 458 g/mol. The third-order valence-electron chi connectivity index (χ3n) is 7.09. The van der Waals surface area contributed by atoms with E-state index < -0.39 is 5.82 Å². The van der Waals surface area contributed by atoms with Gasteiger partial charge in [0.2, 0.25) is 0 Å². The molecule has 0 spiro atoms. The zero-order chi connectivity index (χ0) is 25.1. The predicted molar refractivity (Wildman–Crippen MR) is 139 cm³/mol. The highest BCUT2D eigenvalue weighted by atomic mass is 19.1. The van der Waals surface area contributed by atoms with Crippen LogP contribution in [0.3, 0.4) is 0 Å². The number of rotatable bonds is 5. The lowest BCUT2D eigenvalue weighted by Crippen LogP contribution is -2.31. The van der Waals surface area contributed by atoms with Gasteiger partial charge in [0.15, 0.2) is 0 Å². The van der Waals surface area contributed by atoms with E-state index in [4.69, 9.17) is 16.0 Å². The fourth-order valence-electron chi connectivity index (χ4n) is 5.25. The Balaban J connectivity index is 1.58. The minimum atomic E-state index is -0.627. The van der Waals surface area contributed by atoms with E-state index in [-0.39, 0.29) is 11.4 Å². The molecule has 0 unspecified atom stereocenters. The summed E-state index contributed by atoms with van der Waals surface area (Å²) in [5.74, 6) is -0.532. The van der Waals surface area contributed by atoms with E-state index >= 15 is 4.39 Å². The third kappa shape index (κ3) is 4.66. The van der Waals surface area contributed by atoms with E-state index in [1.165, 1.54) is 24.8 Å². The van der Waals surface area contributed by atoms with Crippen LogP contribution in [0.25, 0.3) is 0 Å². The van der Waals surface area contributed by atoms with Crippen molar-refractivity contribution in [2.45, 2.75) is 32.1 Å². The highest BCUT2D eigenvalue weighted by molar-refractivity contribution is 6.12. The molecule has 3 aliphatic heterocycles. The molecule has 186 valence electrons. The molecular formula is C28H30F2N6. The number of amidine groups is 1. The number of aliphatic imine (C=N–C) groups is 1. The molecule has 2 aromatic rings. The van der Waals surface area contributed by atoms with Crippen LogP contribution in [0.15, 0.2) is 65.1 Å². The first kappa shape index (κ1) is 23.9. The number of benzene rings is 2. The van der Waals surface area contributed by atoms with E-state index in [1.807, 2.05) is 18.2 Å². The van der Waals surface area contributed by atoms with Crippen LogP contribution in [0.4, 0.5) is 20.2 Å². The van der Waals surface area contributed by atoms with Crippen LogP contribution >= 0.6 is 0 Å². The number of anilines is 2. The zero-order valence-electron chi connectivity index (χ0n) is 20.3. The molecule has 6 nitrogen and oxygen atoms in total. The second-order valence-corrected chi connectivity index (χ2v) is 9.40. The van der Waals surface area contributed by atoms with Crippen LogP contribution in [0.2, 0.25) is 0 Å². The molecule has 0 radical (unpaired) electrons. The normalized spacial score (nSPS) is 19.7. The smallest absolute Gasteiger partial charge is 0.148 e. The Kier molecular flexibility index (Phi) is 6.90. The molecule has 36 heavy (non-hydrogen) atoms. The van der Waals surface area contributed by atoms with E-state index in [0.717, 1.165) is 68.9 Å². The maximum Gasteiger partial charge on any atom is 0.148 e. The summed E-state index contributed by atoms with van der Waals surface area (Å²) in [6, 6.07) is 11.5. The third-order valence-corrected chi connectivity index (χ3v) is 7.09. The molecule has 3 heterocycles. The van der Waals surface area contributed by atoms with Crippen molar-refractivity contribution in [2.24, 2.45) is 10.7 Å². The Morgan fingerprint density at radius 3 is 2.36 bits per heavy atom. The molecule has 2 N–H and O–H groups in total. The van der Waals surface area contributed by atoms with Crippen LogP contribution < -0.4 is 15.5 Å². The Morgan fingerprint density at radius 1 is 0.944 bits per heavy atom. The van der Waals surface area contributed by atoms with Crippen LogP contribution in [0.5, 0.6) is 0 Å². The summed E-state index contributed by atoms with van der Waals surface area (Å²) < 4.78 is 30.2. The molecule has 8 heteroatoms. The number of likely N-dealkylation sites (tertiary alicyclic amines) is 1. The summed E-state index contributed by atoms with van der Waals surface area (Å²) in [5.41, 5.74) is 9.15. The number of nitrogens with zero attached hydrogens (tertiary/aromatic N) is 5. The van der Waals surface area contributed by atoms with Crippen molar-refractivity contribution in [2.75, 3.05) is 42.5 Å². The molecule has 3 aliphatic rings. The zero-order valence-corrected chi connectivity index (χ0v) is 20.3. The molecule has 0 aliphatic carbocycles. The van der Waals surface area contributed by atoms with Crippen molar-refractivity contribution >= 4 is 17.2 Å². The van der Waals surface area contributed by atoms with Gasteiger partial charge in [0.05, 0.1) is 29.2 Å². The molecule has 2 saturated heterocycles. The Hall–Kier alpha value is -3.86. The van der Waals surface area contributed by atoms with Gasteiger partial charge >= 0.3 is 0 Å². The number of piperidine rings is 1. The topological polar surface area (TPSA) is 71.9 Å². The summed E-state index contributed by atoms with van der Waals surface area (Å²) in [7, 11) is 0. The predicted octanol–water partition coefficient (Wildman–Crippen LogP) is 4.87. The molecule has 2 fully saturated rings. The highest BCUT2D eigenvalue weighted by Gasteiger charge is 2.30. The van der Waals surface area contributed by atoms with Gasteiger partial charge in [-0.05, 0) is 80.8 Å². The van der Waals surface area contributed by atoms with Crippen molar-refractivity contribution in [1.82, 2.24) is 4.90 Å². The van der Waals surface area contributed by atoms with Gasteiger partial charge in [-0.3, -0.25) is 0 Å². The first-order valence-electron chi connectivity index (χ1n) is 12.6. The lowest BCUT2D eigenvalue weighted by atomic mass is 10.1. The molecule has 5 rings (SSSR count). The second-order valence-electron chi connectivity index (χ2n) is 9.40. The molecule has 0 aromatic heterocycles. The number of hydrogen-bond donors (Lipinski definition) is 1. The van der Waals surface area contributed by atoms with Crippen LogP contribution in [0, 0.1) is 23.0 Å². The van der Waals surface area contributed by atoms with Gasteiger partial charge in [-0.2, -0.15) is 5.26 Å². The van der Waals surface area contributed by atoms with Crippen molar-refractivity contribution < 1.29 is 8.78 Å². The van der Waals surface area contributed by atoms with Gasteiger partial charge in [-0.25, -0.2) is 13.8 Å². The minimum absolute atomic E-state index is 0.0409. The minimum Gasteiger partial charge on any atom is -0.405 e. The van der Waals surface area contributed by atoms with Crippen LogP contribution in [-0.4, -0.2) is 43.5 Å². The second kappa shape index (κ2) is 10.4. The molecule has 0 atom stereocenters. The van der Waals surface area contributed by atoms with Gasteiger partial charge in [0, 0.05) is 37.4 Å². The van der Waals surface area contributed by atoms with E-state index in [0.29, 0.717) is 23.6 Å². The van der Waals surface area contributed by atoms with Crippen molar-refractivity contribution in [3.05, 3.63) is 82.8 Å². The van der Waals surface area contributed by atoms with E-state index in [2.05, 4.69) is 9.80 Å². The van der Waals surface area contributed by atoms with Crippen LogP contribution in [-0.2, 0) is 0 Å².